The summed E-state index contributed by atoms with van der Waals surface area (Å²) in [4.78, 5) is 12.5. The molecule has 0 aromatic heterocycles. The Kier molecular flexibility index (Phi) is 3.11. The largest absolute Gasteiger partial charge is 0.329 e. The standard InChI is InChI=1S/C8H12ClF2NO/c1-8(10,11)3-6-2-7(13)12(4-6)5-9/h6H,2-5H2,1H3. The first-order valence-electron chi connectivity index (χ1n) is 4.14. The summed E-state index contributed by atoms with van der Waals surface area (Å²) < 4.78 is 25.1. The van der Waals surface area contributed by atoms with Gasteiger partial charge in [-0.15, -0.1) is 11.6 Å². The highest BCUT2D eigenvalue weighted by Gasteiger charge is 2.35. The molecule has 0 saturated carbocycles. The molecule has 1 rings (SSSR count). The van der Waals surface area contributed by atoms with E-state index in [1.807, 2.05) is 0 Å². The van der Waals surface area contributed by atoms with E-state index in [2.05, 4.69) is 0 Å². The van der Waals surface area contributed by atoms with Crippen LogP contribution in [-0.4, -0.2) is 29.3 Å². The van der Waals surface area contributed by atoms with Gasteiger partial charge in [-0.25, -0.2) is 8.78 Å². The number of hydrogen-bond acceptors (Lipinski definition) is 1. The van der Waals surface area contributed by atoms with Gasteiger partial charge in [-0.2, -0.15) is 0 Å². The fourth-order valence-corrected chi connectivity index (χ4v) is 1.84. The Morgan fingerprint density at radius 3 is 2.69 bits per heavy atom. The summed E-state index contributed by atoms with van der Waals surface area (Å²) in [6, 6.07) is 0.102. The highest BCUT2D eigenvalue weighted by Crippen LogP contribution is 2.29. The van der Waals surface area contributed by atoms with E-state index in [1.54, 1.807) is 0 Å². The first kappa shape index (κ1) is 10.7. The minimum absolute atomic E-state index is 0.102. The summed E-state index contributed by atoms with van der Waals surface area (Å²) in [5, 5.41) is 0. The van der Waals surface area contributed by atoms with Crippen LogP contribution >= 0.6 is 11.6 Å². The predicted molar refractivity (Wildman–Crippen MR) is 45.8 cm³/mol. The molecule has 13 heavy (non-hydrogen) atoms. The van der Waals surface area contributed by atoms with E-state index in [9.17, 15) is 13.6 Å². The van der Waals surface area contributed by atoms with Gasteiger partial charge in [0.05, 0.1) is 6.00 Å². The lowest BCUT2D eigenvalue weighted by Crippen LogP contribution is -2.24. The van der Waals surface area contributed by atoms with Crippen LogP contribution in [0.2, 0.25) is 0 Å². The molecule has 1 aliphatic rings. The quantitative estimate of drug-likeness (QED) is 0.517. The summed E-state index contributed by atoms with van der Waals surface area (Å²) in [6.07, 6.45) is -0.0255. The lowest BCUT2D eigenvalue weighted by molar-refractivity contribution is -0.126. The maximum Gasteiger partial charge on any atom is 0.245 e. The van der Waals surface area contributed by atoms with Crippen molar-refractivity contribution in [3.05, 3.63) is 0 Å². The third-order valence-electron chi connectivity index (χ3n) is 2.09. The van der Waals surface area contributed by atoms with Gasteiger partial charge in [0.15, 0.2) is 0 Å². The molecule has 0 aromatic rings. The number of rotatable bonds is 3. The number of halogens is 3. The molecular formula is C8H12ClF2NO. The van der Waals surface area contributed by atoms with E-state index < -0.39 is 5.92 Å². The molecule has 1 unspecified atom stereocenters. The molecule has 5 heteroatoms. The van der Waals surface area contributed by atoms with Crippen LogP contribution in [0.3, 0.4) is 0 Å². The summed E-state index contributed by atoms with van der Waals surface area (Å²) in [5.41, 5.74) is 0. The molecule has 0 aromatic carbocycles. The van der Waals surface area contributed by atoms with Crippen molar-refractivity contribution >= 4 is 17.5 Å². The van der Waals surface area contributed by atoms with Crippen LogP contribution in [0, 0.1) is 5.92 Å². The summed E-state index contributed by atoms with van der Waals surface area (Å²) >= 11 is 5.46. The number of carbonyl (C=O) groups excluding carboxylic acids is 1. The Morgan fingerprint density at radius 2 is 2.31 bits per heavy atom. The Balaban J connectivity index is 2.45. The van der Waals surface area contributed by atoms with Crippen LogP contribution in [0.4, 0.5) is 8.78 Å². The zero-order chi connectivity index (χ0) is 10.1. The fraction of sp³-hybridized carbons (Fsp3) is 0.875. The number of nitrogens with zero attached hydrogens (tertiary/aromatic N) is 1. The third-order valence-corrected chi connectivity index (χ3v) is 2.37. The highest BCUT2D eigenvalue weighted by atomic mass is 35.5. The van der Waals surface area contributed by atoms with Crippen molar-refractivity contribution in [2.45, 2.75) is 25.7 Å². The number of likely N-dealkylation sites (tertiary alicyclic amines) is 1. The molecule has 0 aliphatic carbocycles. The number of carbonyl (C=O) groups is 1. The van der Waals surface area contributed by atoms with Crippen LogP contribution in [0.5, 0.6) is 0 Å². The van der Waals surface area contributed by atoms with E-state index in [0.29, 0.717) is 6.54 Å². The van der Waals surface area contributed by atoms with Gasteiger partial charge in [-0.1, -0.05) is 0 Å². The average Bonchev–Trinajstić information content (AvgIpc) is 2.26. The summed E-state index contributed by atoms with van der Waals surface area (Å²) in [7, 11) is 0. The molecule has 1 atom stereocenters. The first-order chi connectivity index (χ1) is 5.92. The topological polar surface area (TPSA) is 20.3 Å². The van der Waals surface area contributed by atoms with Gasteiger partial charge in [0.2, 0.25) is 11.8 Å². The molecule has 0 bridgehead atoms. The second-order valence-electron chi connectivity index (χ2n) is 3.58. The SMILES string of the molecule is CC(F)(F)CC1CC(=O)N(CCl)C1. The minimum atomic E-state index is -2.69. The van der Waals surface area contributed by atoms with Crippen molar-refractivity contribution in [3.8, 4) is 0 Å². The van der Waals surface area contributed by atoms with Crippen LogP contribution in [0.1, 0.15) is 19.8 Å². The second-order valence-corrected chi connectivity index (χ2v) is 3.82. The zero-order valence-corrected chi connectivity index (χ0v) is 8.15. The first-order valence-corrected chi connectivity index (χ1v) is 4.67. The molecule has 0 spiro atoms. The summed E-state index contributed by atoms with van der Waals surface area (Å²) in [5.74, 6) is -3.05. The predicted octanol–water partition coefficient (Wildman–Crippen LogP) is 2.08. The van der Waals surface area contributed by atoms with Crippen molar-refractivity contribution in [2.24, 2.45) is 5.92 Å². The zero-order valence-electron chi connectivity index (χ0n) is 7.40. The summed E-state index contributed by atoms with van der Waals surface area (Å²) in [6.45, 7) is 1.24. The average molecular weight is 212 g/mol. The van der Waals surface area contributed by atoms with Crippen molar-refractivity contribution < 1.29 is 13.6 Å². The molecule has 76 valence electrons. The van der Waals surface area contributed by atoms with Crippen LogP contribution < -0.4 is 0 Å². The number of hydrogen-bond donors (Lipinski definition) is 0. The minimum Gasteiger partial charge on any atom is -0.329 e. The van der Waals surface area contributed by atoms with E-state index >= 15 is 0 Å². The van der Waals surface area contributed by atoms with Gasteiger partial charge in [0.1, 0.15) is 0 Å². The van der Waals surface area contributed by atoms with Gasteiger partial charge >= 0.3 is 0 Å². The lowest BCUT2D eigenvalue weighted by atomic mass is 10.0. The van der Waals surface area contributed by atoms with Crippen LogP contribution in [0.15, 0.2) is 0 Å². The van der Waals surface area contributed by atoms with Gasteiger partial charge in [-0.05, 0) is 12.8 Å². The van der Waals surface area contributed by atoms with Crippen molar-refractivity contribution in [3.63, 3.8) is 0 Å². The molecule has 1 heterocycles. The Hall–Kier alpha value is -0.380. The highest BCUT2D eigenvalue weighted by molar-refractivity contribution is 6.18. The van der Waals surface area contributed by atoms with Gasteiger partial charge in [-0.3, -0.25) is 4.79 Å². The Bertz CT molecular complexity index is 205. The number of amides is 1. The van der Waals surface area contributed by atoms with E-state index in [1.165, 1.54) is 4.90 Å². The molecule has 2 nitrogen and oxygen atoms in total. The van der Waals surface area contributed by atoms with Gasteiger partial charge < -0.3 is 4.90 Å². The normalized spacial score (nSPS) is 24.2. The third kappa shape index (κ3) is 3.10. The second kappa shape index (κ2) is 3.78. The number of alkyl halides is 3. The van der Waals surface area contributed by atoms with E-state index in [4.69, 9.17) is 11.6 Å². The van der Waals surface area contributed by atoms with Crippen molar-refractivity contribution in [1.29, 1.82) is 0 Å². The molecule has 0 radical (unpaired) electrons. The Morgan fingerprint density at radius 1 is 1.69 bits per heavy atom. The van der Waals surface area contributed by atoms with Gasteiger partial charge in [0, 0.05) is 19.4 Å². The fourth-order valence-electron chi connectivity index (χ4n) is 1.61. The maximum absolute atomic E-state index is 12.6. The van der Waals surface area contributed by atoms with Crippen LogP contribution in [-0.2, 0) is 4.79 Å². The molecule has 1 amide bonds. The Labute approximate surface area is 80.8 Å². The lowest BCUT2D eigenvalue weighted by Gasteiger charge is -2.15. The van der Waals surface area contributed by atoms with Crippen LogP contribution in [0.25, 0.3) is 0 Å². The van der Waals surface area contributed by atoms with E-state index in [0.717, 1.165) is 6.92 Å². The maximum atomic E-state index is 12.6. The van der Waals surface area contributed by atoms with Crippen molar-refractivity contribution in [2.75, 3.05) is 12.5 Å². The molecule has 1 fully saturated rings. The monoisotopic (exact) mass is 211 g/mol. The van der Waals surface area contributed by atoms with E-state index in [-0.39, 0.29) is 30.7 Å². The van der Waals surface area contributed by atoms with Crippen molar-refractivity contribution in [1.82, 2.24) is 4.90 Å². The smallest absolute Gasteiger partial charge is 0.245 e. The molecule has 1 saturated heterocycles. The van der Waals surface area contributed by atoms with Gasteiger partial charge in [0.25, 0.3) is 0 Å². The molecule has 1 aliphatic heterocycles. The molecular weight excluding hydrogens is 200 g/mol. The molecule has 0 N–H and O–H groups in total.